The molecule has 1 aromatic carbocycles. The van der Waals surface area contributed by atoms with Crippen LogP contribution < -0.4 is 4.90 Å². The van der Waals surface area contributed by atoms with E-state index >= 15 is 0 Å². The summed E-state index contributed by atoms with van der Waals surface area (Å²) in [6.45, 7) is 4.45. The third-order valence-corrected chi connectivity index (χ3v) is 4.31. The predicted molar refractivity (Wildman–Crippen MR) is 93.0 cm³/mol. The van der Waals surface area contributed by atoms with Gasteiger partial charge in [-0.05, 0) is 30.3 Å². The van der Waals surface area contributed by atoms with Gasteiger partial charge in [0.25, 0.3) is 0 Å². The average molecular weight is 338 g/mol. The van der Waals surface area contributed by atoms with Crippen LogP contribution >= 0.6 is 0 Å². The number of halogens is 1. The second kappa shape index (κ2) is 6.98. The van der Waals surface area contributed by atoms with Gasteiger partial charge in [0.2, 0.25) is 5.95 Å². The van der Waals surface area contributed by atoms with Gasteiger partial charge in [-0.15, -0.1) is 0 Å². The fourth-order valence-electron chi connectivity index (χ4n) is 3.00. The monoisotopic (exact) mass is 338 g/mol. The van der Waals surface area contributed by atoms with Crippen molar-refractivity contribution in [3.8, 4) is 5.69 Å². The fraction of sp³-hybridized carbons (Fsp3) is 0.278. The molecule has 0 N–H and O–H groups in total. The molecule has 1 fully saturated rings. The highest BCUT2D eigenvalue weighted by atomic mass is 19.1. The van der Waals surface area contributed by atoms with E-state index in [1.807, 2.05) is 24.4 Å². The lowest BCUT2D eigenvalue weighted by Gasteiger charge is -2.34. The molecule has 2 aromatic heterocycles. The van der Waals surface area contributed by atoms with Crippen LogP contribution in [0.2, 0.25) is 0 Å². The summed E-state index contributed by atoms with van der Waals surface area (Å²) in [7, 11) is 0. The number of anilines is 1. The molecule has 1 aliphatic rings. The first-order valence-corrected chi connectivity index (χ1v) is 8.33. The minimum atomic E-state index is -0.256. The largest absolute Gasteiger partial charge is 0.338 e. The lowest BCUT2D eigenvalue weighted by atomic mass is 10.3. The molecule has 0 radical (unpaired) electrons. The summed E-state index contributed by atoms with van der Waals surface area (Å²) in [6, 6.07) is 10.3. The van der Waals surface area contributed by atoms with Crippen LogP contribution in [0.1, 0.15) is 5.69 Å². The Morgan fingerprint density at radius 1 is 0.960 bits per heavy atom. The van der Waals surface area contributed by atoms with E-state index in [0.29, 0.717) is 0 Å². The first kappa shape index (κ1) is 15.7. The topological polar surface area (TPSA) is 50.1 Å². The normalized spacial score (nSPS) is 15.5. The Morgan fingerprint density at radius 2 is 1.76 bits per heavy atom. The number of aromatic nitrogens is 4. The maximum absolute atomic E-state index is 13.3. The molecule has 3 heterocycles. The third-order valence-electron chi connectivity index (χ3n) is 4.31. The van der Waals surface area contributed by atoms with E-state index in [1.165, 1.54) is 12.1 Å². The number of rotatable bonds is 4. The first-order chi connectivity index (χ1) is 12.3. The minimum absolute atomic E-state index is 0.256. The number of hydrogen-bond donors (Lipinski definition) is 0. The van der Waals surface area contributed by atoms with Gasteiger partial charge in [-0.2, -0.15) is 5.10 Å². The maximum Gasteiger partial charge on any atom is 0.225 e. The van der Waals surface area contributed by atoms with E-state index < -0.39 is 0 Å². The van der Waals surface area contributed by atoms with Gasteiger partial charge in [0.1, 0.15) is 5.82 Å². The third kappa shape index (κ3) is 3.66. The van der Waals surface area contributed by atoms with Crippen LogP contribution in [0.3, 0.4) is 0 Å². The van der Waals surface area contributed by atoms with E-state index in [-0.39, 0.29) is 5.82 Å². The van der Waals surface area contributed by atoms with Gasteiger partial charge in [-0.25, -0.2) is 19.0 Å². The molecule has 0 unspecified atom stereocenters. The van der Waals surface area contributed by atoms with Crippen molar-refractivity contribution in [2.24, 2.45) is 0 Å². The van der Waals surface area contributed by atoms with Crippen LogP contribution in [0.4, 0.5) is 10.3 Å². The molecular weight excluding hydrogens is 319 g/mol. The highest BCUT2D eigenvalue weighted by Gasteiger charge is 2.19. The van der Waals surface area contributed by atoms with E-state index in [0.717, 1.165) is 50.1 Å². The molecule has 0 bridgehead atoms. The van der Waals surface area contributed by atoms with Crippen LogP contribution in [0.15, 0.2) is 55.0 Å². The van der Waals surface area contributed by atoms with Crippen LogP contribution in [0.25, 0.3) is 5.69 Å². The highest BCUT2D eigenvalue weighted by Crippen LogP contribution is 2.13. The number of benzene rings is 1. The second-order valence-electron chi connectivity index (χ2n) is 6.04. The summed E-state index contributed by atoms with van der Waals surface area (Å²) >= 11 is 0. The number of piperazine rings is 1. The zero-order valence-corrected chi connectivity index (χ0v) is 13.8. The second-order valence-corrected chi connectivity index (χ2v) is 6.04. The standard InChI is InChI=1S/C18H19FN6/c19-15-3-1-4-17(13-15)25-8-5-16(22-25)14-23-9-11-24(12-10-23)18-20-6-2-7-21-18/h1-8,13H,9-12,14H2. The fourth-order valence-corrected chi connectivity index (χ4v) is 3.00. The first-order valence-electron chi connectivity index (χ1n) is 8.33. The van der Waals surface area contributed by atoms with Gasteiger partial charge in [-0.1, -0.05) is 6.07 Å². The quantitative estimate of drug-likeness (QED) is 0.729. The molecule has 1 saturated heterocycles. The van der Waals surface area contributed by atoms with Crippen LogP contribution in [-0.4, -0.2) is 50.8 Å². The Hall–Kier alpha value is -2.80. The van der Waals surface area contributed by atoms with Crippen molar-refractivity contribution in [1.82, 2.24) is 24.6 Å². The molecule has 0 spiro atoms. The van der Waals surface area contributed by atoms with E-state index in [2.05, 4.69) is 24.9 Å². The molecule has 1 aliphatic heterocycles. The molecule has 0 amide bonds. The van der Waals surface area contributed by atoms with Gasteiger partial charge in [0, 0.05) is 51.3 Å². The van der Waals surface area contributed by atoms with Crippen molar-refractivity contribution in [1.29, 1.82) is 0 Å². The summed E-state index contributed by atoms with van der Waals surface area (Å²) in [5.41, 5.74) is 1.71. The summed E-state index contributed by atoms with van der Waals surface area (Å²) in [6.07, 6.45) is 5.42. The Morgan fingerprint density at radius 3 is 2.52 bits per heavy atom. The molecule has 4 rings (SSSR count). The number of hydrogen-bond acceptors (Lipinski definition) is 5. The molecule has 3 aromatic rings. The lowest BCUT2D eigenvalue weighted by Crippen LogP contribution is -2.46. The van der Waals surface area contributed by atoms with Crippen LogP contribution in [0, 0.1) is 5.82 Å². The Kier molecular flexibility index (Phi) is 4.39. The molecular formula is C18H19FN6. The lowest BCUT2D eigenvalue weighted by molar-refractivity contribution is 0.245. The number of nitrogens with zero attached hydrogens (tertiary/aromatic N) is 6. The zero-order chi connectivity index (χ0) is 17.1. The highest BCUT2D eigenvalue weighted by molar-refractivity contribution is 5.31. The maximum atomic E-state index is 13.3. The molecule has 0 aliphatic carbocycles. The van der Waals surface area contributed by atoms with Crippen LogP contribution in [-0.2, 0) is 6.54 Å². The molecule has 6 nitrogen and oxygen atoms in total. The Labute approximate surface area is 145 Å². The van der Waals surface area contributed by atoms with Crippen molar-refractivity contribution in [3.05, 3.63) is 66.5 Å². The van der Waals surface area contributed by atoms with E-state index in [1.54, 1.807) is 23.1 Å². The van der Waals surface area contributed by atoms with Crippen molar-refractivity contribution in [2.45, 2.75) is 6.54 Å². The average Bonchev–Trinajstić information content (AvgIpc) is 3.12. The predicted octanol–water partition coefficient (Wildman–Crippen LogP) is 2.12. The smallest absolute Gasteiger partial charge is 0.225 e. The summed E-state index contributed by atoms with van der Waals surface area (Å²) in [5.74, 6) is 0.534. The SMILES string of the molecule is Fc1cccc(-n2ccc(CN3CCN(c4ncccn4)CC3)n2)c1. The summed E-state index contributed by atoms with van der Waals surface area (Å²) in [4.78, 5) is 13.2. The Bertz CT molecular complexity index is 826. The Balaban J connectivity index is 1.36. The zero-order valence-electron chi connectivity index (χ0n) is 13.8. The van der Waals surface area contributed by atoms with Gasteiger partial charge in [0.15, 0.2) is 0 Å². The van der Waals surface area contributed by atoms with Gasteiger partial charge < -0.3 is 4.90 Å². The van der Waals surface area contributed by atoms with Gasteiger partial charge in [-0.3, -0.25) is 4.90 Å². The minimum Gasteiger partial charge on any atom is -0.338 e. The van der Waals surface area contributed by atoms with Gasteiger partial charge >= 0.3 is 0 Å². The van der Waals surface area contributed by atoms with Crippen LogP contribution in [0.5, 0.6) is 0 Å². The van der Waals surface area contributed by atoms with Crippen molar-refractivity contribution in [3.63, 3.8) is 0 Å². The summed E-state index contributed by atoms with van der Waals surface area (Å²) in [5, 5.41) is 4.56. The molecule has 7 heteroatoms. The van der Waals surface area contributed by atoms with Crippen molar-refractivity contribution in [2.75, 3.05) is 31.1 Å². The molecule has 0 saturated carbocycles. The van der Waals surface area contributed by atoms with E-state index in [9.17, 15) is 4.39 Å². The van der Waals surface area contributed by atoms with Crippen molar-refractivity contribution >= 4 is 5.95 Å². The molecule has 128 valence electrons. The van der Waals surface area contributed by atoms with Crippen molar-refractivity contribution < 1.29 is 4.39 Å². The molecule has 0 atom stereocenters. The van der Waals surface area contributed by atoms with E-state index in [4.69, 9.17) is 0 Å². The molecule has 25 heavy (non-hydrogen) atoms. The summed E-state index contributed by atoms with van der Waals surface area (Å²) < 4.78 is 15.1. The van der Waals surface area contributed by atoms with Gasteiger partial charge in [0.05, 0.1) is 11.4 Å².